The van der Waals surface area contributed by atoms with E-state index in [4.69, 9.17) is 9.15 Å². The van der Waals surface area contributed by atoms with Crippen LogP contribution in [0, 0.1) is 17.8 Å². The molecule has 4 heteroatoms. The topological polar surface area (TPSA) is 59.7 Å². The highest BCUT2D eigenvalue weighted by molar-refractivity contribution is 5.90. The van der Waals surface area contributed by atoms with Crippen molar-refractivity contribution < 1.29 is 19.1 Å². The molecule has 1 N–H and O–H groups in total. The lowest BCUT2D eigenvalue weighted by atomic mass is 9.83. The molecule has 0 fully saturated rings. The highest BCUT2D eigenvalue weighted by atomic mass is 16.5. The molecule has 2 bridgehead atoms. The second kappa shape index (κ2) is 8.70. The van der Waals surface area contributed by atoms with E-state index in [1.165, 1.54) is 12.7 Å². The van der Waals surface area contributed by atoms with Crippen LogP contribution in [0.25, 0.3) is 0 Å². The average molecular weight is 348 g/mol. The van der Waals surface area contributed by atoms with Crippen molar-refractivity contribution in [1.82, 2.24) is 0 Å². The first-order valence-corrected chi connectivity index (χ1v) is 9.38. The molecule has 1 aromatic rings. The van der Waals surface area contributed by atoms with Gasteiger partial charge < -0.3 is 14.3 Å². The van der Waals surface area contributed by atoms with Gasteiger partial charge in [-0.25, -0.2) is 4.79 Å². The van der Waals surface area contributed by atoms with Crippen LogP contribution in [0.1, 0.15) is 81.4 Å². The lowest BCUT2D eigenvalue weighted by Crippen LogP contribution is -2.20. The number of rotatable bonds is 2. The summed E-state index contributed by atoms with van der Waals surface area (Å²) in [5.74, 6) is 1.45. The van der Waals surface area contributed by atoms with E-state index in [-0.39, 0.29) is 11.8 Å². The second-order valence-corrected chi connectivity index (χ2v) is 7.81. The predicted octanol–water partition coefficient (Wildman–Crippen LogP) is 5.07. The molecule has 4 nitrogen and oxygen atoms in total. The van der Waals surface area contributed by atoms with Crippen LogP contribution < -0.4 is 0 Å². The number of aliphatic hydroxyl groups is 1. The number of furan rings is 1. The molecule has 0 unspecified atom stereocenters. The number of carbonyl (C=O) groups excluding carboxylic acids is 1. The predicted molar refractivity (Wildman–Crippen MR) is 98.4 cm³/mol. The van der Waals surface area contributed by atoms with E-state index >= 15 is 0 Å². The largest absolute Gasteiger partial charge is 0.465 e. The number of fused-ring (bicyclic) bond motifs is 2. The summed E-state index contributed by atoms with van der Waals surface area (Å²) in [4.78, 5) is 12.2. The minimum atomic E-state index is -0.799. The lowest BCUT2D eigenvalue weighted by molar-refractivity contribution is 0.0476. The summed E-state index contributed by atoms with van der Waals surface area (Å²) in [5, 5.41) is 11.0. The molecular weight excluding hydrogens is 316 g/mol. The number of allylic oxidation sites excluding steroid dienone is 2. The first kappa shape index (κ1) is 19.8. The molecule has 1 aliphatic heterocycles. The quantitative estimate of drug-likeness (QED) is 0.599. The molecule has 1 aromatic heterocycles. The van der Waals surface area contributed by atoms with Crippen molar-refractivity contribution in [2.75, 3.05) is 7.11 Å². The zero-order chi connectivity index (χ0) is 18.6. The standard InChI is InChI=1S/C21H32O4/c1-13(2)17-10-9-14(3)7-6-8-15(4)11-16-12-18(21(23)24-5)20(25-16)19(17)22/h7,12-13,15,17,19,22H,6,8-11H2,1-5H3/t15-,17+,19+/m0/s1. The van der Waals surface area contributed by atoms with Crippen molar-refractivity contribution in [3.8, 4) is 0 Å². The van der Waals surface area contributed by atoms with Gasteiger partial charge in [-0.05, 0) is 56.4 Å². The van der Waals surface area contributed by atoms with E-state index in [2.05, 4.69) is 33.8 Å². The molecule has 0 saturated carbocycles. The minimum absolute atomic E-state index is 0.0314. The Morgan fingerprint density at radius 3 is 2.72 bits per heavy atom. The van der Waals surface area contributed by atoms with Gasteiger partial charge in [0.2, 0.25) is 0 Å². The molecule has 0 radical (unpaired) electrons. The third-order valence-corrected chi connectivity index (χ3v) is 5.32. The van der Waals surface area contributed by atoms with Crippen LogP contribution in [-0.4, -0.2) is 18.2 Å². The molecular formula is C21H32O4. The van der Waals surface area contributed by atoms with E-state index in [1.54, 1.807) is 6.07 Å². The van der Waals surface area contributed by atoms with Crippen LogP contribution in [0.5, 0.6) is 0 Å². The molecule has 0 aromatic carbocycles. The summed E-state index contributed by atoms with van der Waals surface area (Å²) in [6.07, 6.45) is 6.24. The maximum Gasteiger partial charge on any atom is 0.341 e. The molecule has 25 heavy (non-hydrogen) atoms. The highest BCUT2D eigenvalue weighted by Crippen LogP contribution is 2.37. The van der Waals surface area contributed by atoms with Gasteiger partial charge in [-0.3, -0.25) is 0 Å². The smallest absolute Gasteiger partial charge is 0.341 e. The van der Waals surface area contributed by atoms with Crippen molar-refractivity contribution in [3.63, 3.8) is 0 Å². The molecule has 140 valence electrons. The van der Waals surface area contributed by atoms with Gasteiger partial charge in [0.15, 0.2) is 0 Å². The fourth-order valence-electron chi connectivity index (χ4n) is 3.65. The maximum atomic E-state index is 12.2. The average Bonchev–Trinajstić information content (AvgIpc) is 2.96. The summed E-state index contributed by atoms with van der Waals surface area (Å²) >= 11 is 0. The number of methoxy groups -OCH3 is 1. The third-order valence-electron chi connectivity index (χ3n) is 5.32. The molecule has 1 aliphatic rings. The van der Waals surface area contributed by atoms with Gasteiger partial charge in [0, 0.05) is 6.42 Å². The monoisotopic (exact) mass is 348 g/mol. The first-order chi connectivity index (χ1) is 11.8. The van der Waals surface area contributed by atoms with E-state index in [9.17, 15) is 9.90 Å². The fourth-order valence-corrected chi connectivity index (χ4v) is 3.65. The van der Waals surface area contributed by atoms with E-state index in [0.29, 0.717) is 17.2 Å². The van der Waals surface area contributed by atoms with Gasteiger partial charge >= 0.3 is 5.97 Å². The Kier molecular flexibility index (Phi) is 6.88. The van der Waals surface area contributed by atoms with Crippen molar-refractivity contribution in [2.45, 2.75) is 65.9 Å². The van der Waals surface area contributed by atoms with Crippen molar-refractivity contribution in [3.05, 3.63) is 34.8 Å². The van der Waals surface area contributed by atoms with E-state index < -0.39 is 12.1 Å². The fraction of sp³-hybridized carbons (Fsp3) is 0.667. The molecule has 2 heterocycles. The molecule has 0 amide bonds. The van der Waals surface area contributed by atoms with Crippen LogP contribution in [0.3, 0.4) is 0 Å². The molecule has 0 saturated heterocycles. The van der Waals surface area contributed by atoms with Crippen LogP contribution in [0.4, 0.5) is 0 Å². The summed E-state index contributed by atoms with van der Waals surface area (Å²) in [6.45, 7) is 8.57. The van der Waals surface area contributed by atoms with Crippen molar-refractivity contribution >= 4 is 5.97 Å². The van der Waals surface area contributed by atoms with Gasteiger partial charge in [0.05, 0.1) is 7.11 Å². The zero-order valence-electron chi connectivity index (χ0n) is 16.2. The van der Waals surface area contributed by atoms with Gasteiger partial charge in [0.25, 0.3) is 0 Å². The Labute approximate surface area is 151 Å². The SMILES string of the molecule is COC(=O)c1cc2oc1[C@H](O)[C@@H](C(C)C)CCC(C)=CCC[C@H](C)C2. The van der Waals surface area contributed by atoms with E-state index in [0.717, 1.165) is 37.9 Å². The Bertz CT molecular complexity index is 611. The van der Waals surface area contributed by atoms with Crippen LogP contribution in [-0.2, 0) is 11.2 Å². The van der Waals surface area contributed by atoms with Gasteiger partial charge in [-0.15, -0.1) is 0 Å². The summed E-state index contributed by atoms with van der Waals surface area (Å²) in [5.41, 5.74) is 1.74. The number of aliphatic hydroxyl groups excluding tert-OH is 1. The number of hydrogen-bond donors (Lipinski definition) is 1. The number of carbonyl (C=O) groups is 1. The molecule has 0 spiro atoms. The first-order valence-electron chi connectivity index (χ1n) is 9.38. The Morgan fingerprint density at radius 2 is 2.08 bits per heavy atom. The Hall–Kier alpha value is -1.55. The third kappa shape index (κ3) is 4.97. The lowest BCUT2D eigenvalue weighted by Gasteiger charge is -2.26. The zero-order valence-corrected chi connectivity index (χ0v) is 16.2. The second-order valence-electron chi connectivity index (χ2n) is 7.81. The molecule has 0 aliphatic carbocycles. The van der Waals surface area contributed by atoms with E-state index in [1.807, 2.05) is 0 Å². The van der Waals surface area contributed by atoms with Crippen LogP contribution in [0.15, 0.2) is 22.1 Å². The minimum Gasteiger partial charge on any atom is -0.465 e. The van der Waals surface area contributed by atoms with Crippen LogP contribution in [0.2, 0.25) is 0 Å². The van der Waals surface area contributed by atoms with Crippen molar-refractivity contribution in [1.29, 1.82) is 0 Å². The van der Waals surface area contributed by atoms with Gasteiger partial charge in [-0.1, -0.05) is 32.4 Å². The Balaban J connectivity index is 2.43. The summed E-state index contributed by atoms with van der Waals surface area (Å²) in [7, 11) is 1.36. The van der Waals surface area contributed by atoms with Crippen molar-refractivity contribution in [2.24, 2.45) is 17.8 Å². The van der Waals surface area contributed by atoms with Gasteiger partial charge in [-0.2, -0.15) is 0 Å². The Morgan fingerprint density at radius 1 is 1.36 bits per heavy atom. The number of hydrogen-bond acceptors (Lipinski definition) is 4. The molecule has 3 atom stereocenters. The normalized spacial score (nSPS) is 25.6. The number of ether oxygens (including phenoxy) is 1. The maximum absolute atomic E-state index is 12.2. The highest BCUT2D eigenvalue weighted by Gasteiger charge is 2.32. The van der Waals surface area contributed by atoms with Crippen LogP contribution >= 0.6 is 0 Å². The molecule has 2 rings (SSSR count). The summed E-state index contributed by atoms with van der Waals surface area (Å²) in [6, 6.07) is 1.76. The summed E-state index contributed by atoms with van der Waals surface area (Å²) < 4.78 is 10.9. The number of esters is 1. The van der Waals surface area contributed by atoms with Gasteiger partial charge in [0.1, 0.15) is 23.2 Å².